The topological polar surface area (TPSA) is 114 Å². The summed E-state index contributed by atoms with van der Waals surface area (Å²) < 4.78 is 1.31. The van der Waals surface area contributed by atoms with E-state index < -0.39 is 0 Å². The summed E-state index contributed by atoms with van der Waals surface area (Å²) in [7, 11) is 0. The van der Waals surface area contributed by atoms with E-state index in [0.29, 0.717) is 22.9 Å². The average molecular weight is 281 g/mol. The number of aromatic nitrogens is 2. The minimum absolute atomic E-state index is 0.105. The van der Waals surface area contributed by atoms with Gasteiger partial charge in [0.15, 0.2) is 0 Å². The van der Waals surface area contributed by atoms with Gasteiger partial charge in [0.2, 0.25) is 5.96 Å². The number of anilines is 1. The summed E-state index contributed by atoms with van der Waals surface area (Å²) in [6, 6.07) is 5.15. The highest BCUT2D eigenvalue weighted by Gasteiger charge is 2.05. The maximum Gasteiger partial charge on any atom is 0.248 e. The molecule has 2 rings (SSSR count). The van der Waals surface area contributed by atoms with Gasteiger partial charge in [0, 0.05) is 11.6 Å². The fourth-order valence-electron chi connectivity index (χ4n) is 1.47. The molecule has 0 aliphatic heterocycles. The Kier molecular flexibility index (Phi) is 4.00. The molecule has 100 valence electrons. The Morgan fingerprint density at radius 3 is 2.84 bits per heavy atom. The van der Waals surface area contributed by atoms with E-state index >= 15 is 0 Å². The number of benzene rings is 1. The van der Waals surface area contributed by atoms with Crippen molar-refractivity contribution in [2.75, 3.05) is 5.73 Å². The third kappa shape index (κ3) is 3.02. The van der Waals surface area contributed by atoms with Crippen LogP contribution in [0.2, 0.25) is 5.02 Å². The number of nitrogens with one attached hydrogen (secondary N) is 1. The SMILES string of the molecule is NCc1ccc(N=C(NO)n2cc(N)cn2)cc1Cl. The first-order valence-electron chi connectivity index (χ1n) is 5.42. The summed E-state index contributed by atoms with van der Waals surface area (Å²) in [6.45, 7) is 0.351. The lowest BCUT2D eigenvalue weighted by Crippen LogP contribution is -2.27. The molecule has 0 aliphatic carbocycles. The zero-order chi connectivity index (χ0) is 13.8. The van der Waals surface area contributed by atoms with Gasteiger partial charge in [-0.3, -0.25) is 5.21 Å². The van der Waals surface area contributed by atoms with Crippen molar-refractivity contribution in [3.8, 4) is 0 Å². The van der Waals surface area contributed by atoms with Crippen LogP contribution in [0.25, 0.3) is 0 Å². The van der Waals surface area contributed by atoms with Crippen molar-refractivity contribution in [3.63, 3.8) is 0 Å². The van der Waals surface area contributed by atoms with Crippen molar-refractivity contribution < 1.29 is 5.21 Å². The minimum Gasteiger partial charge on any atom is -0.396 e. The number of nitrogens with two attached hydrogens (primary N) is 2. The Hall–Kier alpha value is -2.09. The zero-order valence-electron chi connectivity index (χ0n) is 9.92. The summed E-state index contributed by atoms with van der Waals surface area (Å²) in [4.78, 5) is 4.17. The van der Waals surface area contributed by atoms with Gasteiger partial charge in [-0.05, 0) is 17.7 Å². The molecule has 8 heteroatoms. The van der Waals surface area contributed by atoms with E-state index in [0.717, 1.165) is 5.56 Å². The Morgan fingerprint density at radius 1 is 1.53 bits per heavy atom. The predicted octanol–water partition coefficient (Wildman–Crippen LogP) is 1.09. The van der Waals surface area contributed by atoms with Crippen molar-refractivity contribution in [1.82, 2.24) is 15.3 Å². The monoisotopic (exact) mass is 280 g/mol. The molecule has 7 nitrogen and oxygen atoms in total. The van der Waals surface area contributed by atoms with E-state index in [1.807, 2.05) is 5.48 Å². The summed E-state index contributed by atoms with van der Waals surface area (Å²) in [6.07, 6.45) is 2.95. The van der Waals surface area contributed by atoms with E-state index in [1.54, 1.807) is 18.2 Å². The Labute approximate surface area is 114 Å². The van der Waals surface area contributed by atoms with Gasteiger partial charge in [-0.25, -0.2) is 15.2 Å². The number of hydrogen-bond acceptors (Lipinski definition) is 5. The Morgan fingerprint density at radius 2 is 2.32 bits per heavy atom. The first-order chi connectivity index (χ1) is 9.13. The standard InChI is InChI=1S/C11H13ClN6O/c12-10-3-9(2-1-7(10)4-13)16-11(17-19)18-6-8(14)5-15-18/h1-3,5-6,19H,4,13-14H2,(H,16,17). The maximum atomic E-state index is 9.08. The number of aliphatic imine (C=N–C) groups is 1. The van der Waals surface area contributed by atoms with Gasteiger partial charge in [0.1, 0.15) is 0 Å². The van der Waals surface area contributed by atoms with Crippen LogP contribution >= 0.6 is 11.6 Å². The third-order valence-corrected chi connectivity index (χ3v) is 2.76. The molecule has 0 saturated heterocycles. The van der Waals surface area contributed by atoms with Gasteiger partial charge in [0.25, 0.3) is 0 Å². The summed E-state index contributed by atoms with van der Waals surface area (Å²) >= 11 is 6.03. The lowest BCUT2D eigenvalue weighted by Gasteiger charge is -2.05. The highest BCUT2D eigenvalue weighted by atomic mass is 35.5. The number of hydrogen-bond donors (Lipinski definition) is 4. The quantitative estimate of drug-likeness (QED) is 0.373. The van der Waals surface area contributed by atoms with Gasteiger partial charge >= 0.3 is 0 Å². The predicted molar refractivity (Wildman–Crippen MR) is 73.4 cm³/mol. The molecule has 0 radical (unpaired) electrons. The van der Waals surface area contributed by atoms with Crippen LogP contribution in [-0.4, -0.2) is 20.9 Å². The summed E-state index contributed by atoms with van der Waals surface area (Å²) in [5.74, 6) is 0.105. The molecule has 1 aromatic carbocycles. The molecule has 1 heterocycles. The maximum absolute atomic E-state index is 9.08. The number of rotatable bonds is 2. The molecular weight excluding hydrogens is 268 g/mol. The fraction of sp³-hybridized carbons (Fsp3) is 0.0909. The number of nitrogens with zero attached hydrogens (tertiary/aromatic N) is 3. The van der Waals surface area contributed by atoms with Crippen LogP contribution in [0.3, 0.4) is 0 Å². The second kappa shape index (κ2) is 5.70. The molecule has 0 atom stereocenters. The molecule has 0 bridgehead atoms. The van der Waals surface area contributed by atoms with E-state index in [1.165, 1.54) is 17.1 Å². The van der Waals surface area contributed by atoms with E-state index in [4.69, 9.17) is 28.3 Å². The van der Waals surface area contributed by atoms with Crippen molar-refractivity contribution in [1.29, 1.82) is 0 Å². The van der Waals surface area contributed by atoms with Crippen molar-refractivity contribution in [2.24, 2.45) is 10.7 Å². The van der Waals surface area contributed by atoms with Crippen LogP contribution in [0.1, 0.15) is 5.56 Å². The van der Waals surface area contributed by atoms with Gasteiger partial charge in [-0.15, -0.1) is 0 Å². The first kappa shape index (κ1) is 13.3. The second-order valence-electron chi connectivity index (χ2n) is 3.75. The first-order valence-corrected chi connectivity index (χ1v) is 5.79. The molecule has 6 N–H and O–H groups in total. The van der Waals surface area contributed by atoms with Gasteiger partial charge in [-0.2, -0.15) is 5.10 Å². The summed E-state index contributed by atoms with van der Waals surface area (Å²) in [5.41, 5.74) is 14.8. The van der Waals surface area contributed by atoms with Crippen molar-refractivity contribution >= 4 is 28.9 Å². The molecule has 0 fully saturated rings. The zero-order valence-corrected chi connectivity index (χ0v) is 10.7. The minimum atomic E-state index is 0.105. The number of nitrogen functional groups attached to an aromatic ring is 1. The molecule has 0 saturated carbocycles. The Bertz CT molecular complexity index is 609. The number of hydroxylamine groups is 1. The molecule has 0 spiro atoms. The molecular formula is C11H13ClN6O. The molecule has 0 amide bonds. The van der Waals surface area contributed by atoms with Crippen LogP contribution in [0.15, 0.2) is 35.6 Å². The van der Waals surface area contributed by atoms with Gasteiger partial charge in [0.05, 0.1) is 23.8 Å². The van der Waals surface area contributed by atoms with Gasteiger partial charge in [-0.1, -0.05) is 17.7 Å². The second-order valence-corrected chi connectivity index (χ2v) is 4.15. The van der Waals surface area contributed by atoms with Crippen LogP contribution in [0.5, 0.6) is 0 Å². The third-order valence-electron chi connectivity index (χ3n) is 2.41. The van der Waals surface area contributed by atoms with Crippen LogP contribution in [0, 0.1) is 0 Å². The van der Waals surface area contributed by atoms with Crippen molar-refractivity contribution in [2.45, 2.75) is 6.54 Å². The van der Waals surface area contributed by atoms with E-state index in [9.17, 15) is 0 Å². The molecule has 2 aromatic rings. The van der Waals surface area contributed by atoms with Gasteiger partial charge < -0.3 is 11.5 Å². The summed E-state index contributed by atoms with van der Waals surface area (Å²) in [5, 5.41) is 13.5. The van der Waals surface area contributed by atoms with Crippen LogP contribution in [0.4, 0.5) is 11.4 Å². The lowest BCUT2D eigenvalue weighted by atomic mass is 10.2. The highest BCUT2D eigenvalue weighted by Crippen LogP contribution is 2.22. The van der Waals surface area contributed by atoms with Crippen LogP contribution in [-0.2, 0) is 6.54 Å². The van der Waals surface area contributed by atoms with E-state index in [-0.39, 0.29) is 5.96 Å². The Balaban J connectivity index is 2.35. The largest absolute Gasteiger partial charge is 0.396 e. The smallest absolute Gasteiger partial charge is 0.248 e. The lowest BCUT2D eigenvalue weighted by molar-refractivity contribution is 0.229. The molecule has 1 aromatic heterocycles. The number of halogens is 1. The molecule has 19 heavy (non-hydrogen) atoms. The van der Waals surface area contributed by atoms with Crippen molar-refractivity contribution in [3.05, 3.63) is 41.2 Å². The fourth-order valence-corrected chi connectivity index (χ4v) is 1.73. The average Bonchev–Trinajstić information content (AvgIpc) is 2.82. The highest BCUT2D eigenvalue weighted by molar-refractivity contribution is 6.31. The molecule has 0 aliphatic rings. The normalized spacial score (nSPS) is 11.6. The molecule has 0 unspecified atom stereocenters. The van der Waals surface area contributed by atoms with E-state index in [2.05, 4.69) is 10.1 Å². The van der Waals surface area contributed by atoms with Crippen LogP contribution < -0.4 is 16.9 Å².